The summed E-state index contributed by atoms with van der Waals surface area (Å²) in [6.07, 6.45) is 4.27. The molecular weight excluding hydrogens is 424 g/mol. The minimum absolute atomic E-state index is 0.115. The summed E-state index contributed by atoms with van der Waals surface area (Å²) in [5, 5.41) is 2.94. The number of sulfonamides is 1. The number of amides is 1. The van der Waals surface area contributed by atoms with Crippen LogP contribution in [0.5, 0.6) is 5.75 Å². The highest BCUT2D eigenvalue weighted by atomic mass is 32.2. The van der Waals surface area contributed by atoms with Crippen LogP contribution in [-0.2, 0) is 14.8 Å². The molecule has 0 spiro atoms. The average Bonchev–Trinajstić information content (AvgIpc) is 2.79. The molecule has 1 N–H and O–H groups in total. The van der Waals surface area contributed by atoms with E-state index >= 15 is 0 Å². The van der Waals surface area contributed by atoms with Crippen LogP contribution in [0.15, 0.2) is 53.4 Å². The van der Waals surface area contributed by atoms with Crippen molar-refractivity contribution >= 4 is 21.6 Å². The summed E-state index contributed by atoms with van der Waals surface area (Å²) in [4.78, 5) is 12.9. The Hall–Kier alpha value is -2.54. The monoisotopic (exact) mass is 460 g/mol. The highest BCUT2D eigenvalue weighted by Crippen LogP contribution is 2.25. The number of nitrogens with one attached hydrogen (secondary N) is 1. The number of unbranched alkanes of at least 4 members (excludes halogenated alkanes) is 1. The van der Waals surface area contributed by atoms with Crippen molar-refractivity contribution in [3.8, 4) is 5.75 Å². The van der Waals surface area contributed by atoms with E-state index in [1.807, 2.05) is 26.0 Å². The van der Waals surface area contributed by atoms with Gasteiger partial charge in [0.15, 0.2) is 0 Å². The van der Waals surface area contributed by atoms with Gasteiger partial charge in [-0.1, -0.05) is 50.8 Å². The Balaban J connectivity index is 2.24. The predicted molar refractivity (Wildman–Crippen MR) is 130 cm³/mol. The number of aryl methyl sites for hydroxylation is 1. The van der Waals surface area contributed by atoms with Crippen molar-refractivity contribution in [2.45, 2.75) is 58.3 Å². The Morgan fingerprint density at radius 1 is 1.03 bits per heavy atom. The van der Waals surface area contributed by atoms with E-state index in [4.69, 9.17) is 4.74 Å². The summed E-state index contributed by atoms with van der Waals surface area (Å²) in [7, 11) is -3.94. The van der Waals surface area contributed by atoms with Crippen LogP contribution in [0, 0.1) is 12.8 Å². The van der Waals surface area contributed by atoms with E-state index in [2.05, 4.69) is 19.2 Å². The minimum atomic E-state index is -3.94. The maximum Gasteiger partial charge on any atom is 0.264 e. The second kappa shape index (κ2) is 12.5. The number of rotatable bonds is 13. The highest BCUT2D eigenvalue weighted by molar-refractivity contribution is 7.92. The summed E-state index contributed by atoms with van der Waals surface area (Å²) >= 11 is 0. The van der Waals surface area contributed by atoms with Gasteiger partial charge < -0.3 is 10.1 Å². The fraction of sp³-hybridized carbons (Fsp3) is 0.480. The fourth-order valence-electron chi connectivity index (χ4n) is 3.42. The van der Waals surface area contributed by atoms with E-state index in [9.17, 15) is 13.2 Å². The normalized spacial score (nSPS) is 12.2. The number of hydrogen-bond acceptors (Lipinski definition) is 4. The Morgan fingerprint density at radius 2 is 1.69 bits per heavy atom. The second-order valence-corrected chi connectivity index (χ2v) is 9.83. The molecule has 2 rings (SSSR count). The molecule has 0 heterocycles. The number of carbonyl (C=O) groups excluding carboxylic acids is 1. The van der Waals surface area contributed by atoms with Gasteiger partial charge in [0.1, 0.15) is 12.3 Å². The van der Waals surface area contributed by atoms with Crippen LogP contribution in [0.25, 0.3) is 0 Å². The smallest absolute Gasteiger partial charge is 0.264 e. The lowest BCUT2D eigenvalue weighted by Gasteiger charge is -2.25. The second-order valence-electron chi connectivity index (χ2n) is 7.97. The Labute approximate surface area is 193 Å². The third kappa shape index (κ3) is 7.26. The zero-order chi connectivity index (χ0) is 23.6. The van der Waals surface area contributed by atoms with Crippen molar-refractivity contribution in [2.75, 3.05) is 24.0 Å². The molecule has 0 aromatic heterocycles. The number of hydrogen-bond donors (Lipinski definition) is 1. The molecule has 0 radical (unpaired) electrons. The first-order valence-corrected chi connectivity index (χ1v) is 12.8. The molecule has 1 amide bonds. The van der Waals surface area contributed by atoms with E-state index in [-0.39, 0.29) is 17.3 Å². The standard InChI is InChI=1S/C25H36N2O4S/c1-5-8-9-21(6-2)18-26-25(28)19-27(22-12-10-20(4)11-13-22)32(29,30)24-16-14-23(15-17-24)31-7-3/h10-17,21H,5-9,18-19H2,1-4H3,(H,26,28)/t21-/m1/s1. The number of carbonyl (C=O) groups is 1. The highest BCUT2D eigenvalue weighted by Gasteiger charge is 2.27. The molecule has 32 heavy (non-hydrogen) atoms. The average molecular weight is 461 g/mol. The van der Waals surface area contributed by atoms with Crippen LogP contribution in [-0.4, -0.2) is 34.0 Å². The van der Waals surface area contributed by atoms with Crippen LogP contribution >= 0.6 is 0 Å². The van der Waals surface area contributed by atoms with Gasteiger partial charge in [0.05, 0.1) is 17.2 Å². The summed E-state index contributed by atoms with van der Waals surface area (Å²) in [5.41, 5.74) is 1.47. The molecule has 6 nitrogen and oxygen atoms in total. The van der Waals surface area contributed by atoms with Crippen LogP contribution in [0.4, 0.5) is 5.69 Å². The van der Waals surface area contributed by atoms with E-state index in [0.717, 1.165) is 31.2 Å². The van der Waals surface area contributed by atoms with Gasteiger partial charge in [-0.25, -0.2) is 8.42 Å². The Bertz CT molecular complexity index is 941. The molecule has 0 saturated carbocycles. The molecule has 2 aromatic carbocycles. The van der Waals surface area contributed by atoms with E-state index in [1.54, 1.807) is 24.3 Å². The van der Waals surface area contributed by atoms with Gasteiger partial charge in [-0.15, -0.1) is 0 Å². The van der Waals surface area contributed by atoms with E-state index < -0.39 is 10.0 Å². The minimum Gasteiger partial charge on any atom is -0.494 e. The lowest BCUT2D eigenvalue weighted by atomic mass is 9.99. The third-order valence-corrected chi connectivity index (χ3v) is 7.25. The lowest BCUT2D eigenvalue weighted by molar-refractivity contribution is -0.119. The van der Waals surface area contributed by atoms with Gasteiger partial charge in [-0.3, -0.25) is 9.10 Å². The summed E-state index contributed by atoms with van der Waals surface area (Å²) in [6.45, 7) is 8.84. The van der Waals surface area contributed by atoms with Gasteiger partial charge in [0.25, 0.3) is 10.0 Å². The number of nitrogens with zero attached hydrogens (tertiary/aromatic N) is 1. The summed E-state index contributed by atoms with van der Waals surface area (Å²) in [5.74, 6) is 0.688. The van der Waals surface area contributed by atoms with Gasteiger partial charge in [0.2, 0.25) is 5.91 Å². The molecule has 176 valence electrons. The summed E-state index contributed by atoms with van der Waals surface area (Å²) in [6, 6.07) is 13.4. The van der Waals surface area contributed by atoms with Gasteiger partial charge in [-0.05, 0) is 62.6 Å². The maximum absolute atomic E-state index is 13.5. The van der Waals surface area contributed by atoms with Crippen molar-refractivity contribution in [3.05, 3.63) is 54.1 Å². The number of ether oxygens (including phenoxy) is 1. The van der Waals surface area contributed by atoms with Crippen LogP contribution in [0.3, 0.4) is 0 Å². The van der Waals surface area contributed by atoms with Crippen molar-refractivity contribution < 1.29 is 17.9 Å². The number of benzene rings is 2. The van der Waals surface area contributed by atoms with Crippen LogP contribution in [0.1, 0.15) is 52.0 Å². The first-order chi connectivity index (χ1) is 15.3. The summed E-state index contributed by atoms with van der Waals surface area (Å²) < 4.78 is 33.5. The number of anilines is 1. The zero-order valence-electron chi connectivity index (χ0n) is 19.6. The maximum atomic E-state index is 13.5. The fourth-order valence-corrected chi connectivity index (χ4v) is 4.84. The van der Waals surface area contributed by atoms with Crippen molar-refractivity contribution in [1.29, 1.82) is 0 Å². The Morgan fingerprint density at radius 3 is 2.25 bits per heavy atom. The predicted octanol–water partition coefficient (Wildman–Crippen LogP) is 4.92. The molecule has 0 aliphatic heterocycles. The lowest BCUT2D eigenvalue weighted by Crippen LogP contribution is -2.42. The quantitative estimate of drug-likeness (QED) is 0.460. The van der Waals surface area contributed by atoms with E-state index in [0.29, 0.717) is 30.5 Å². The molecule has 0 fully saturated rings. The molecule has 7 heteroatoms. The first kappa shape index (κ1) is 25.7. The molecule has 2 aromatic rings. The molecule has 1 atom stereocenters. The van der Waals surface area contributed by atoms with Gasteiger partial charge >= 0.3 is 0 Å². The SMILES string of the molecule is CCCC[C@@H](CC)CNC(=O)CN(c1ccc(C)cc1)S(=O)(=O)c1ccc(OCC)cc1. The van der Waals surface area contributed by atoms with Crippen molar-refractivity contribution in [2.24, 2.45) is 5.92 Å². The van der Waals surface area contributed by atoms with Crippen LogP contribution in [0.2, 0.25) is 0 Å². The third-order valence-electron chi connectivity index (χ3n) is 5.46. The van der Waals surface area contributed by atoms with Gasteiger partial charge in [0, 0.05) is 6.54 Å². The molecule has 0 aliphatic carbocycles. The largest absolute Gasteiger partial charge is 0.494 e. The zero-order valence-corrected chi connectivity index (χ0v) is 20.5. The van der Waals surface area contributed by atoms with Crippen molar-refractivity contribution in [3.63, 3.8) is 0 Å². The molecular formula is C25H36N2O4S. The van der Waals surface area contributed by atoms with E-state index in [1.165, 1.54) is 16.4 Å². The Kier molecular flexibility index (Phi) is 10.0. The molecule has 0 bridgehead atoms. The first-order valence-electron chi connectivity index (χ1n) is 11.4. The molecule has 0 saturated heterocycles. The molecule has 0 unspecified atom stereocenters. The van der Waals surface area contributed by atoms with Crippen LogP contribution < -0.4 is 14.4 Å². The topological polar surface area (TPSA) is 75.7 Å². The van der Waals surface area contributed by atoms with Crippen molar-refractivity contribution in [1.82, 2.24) is 5.32 Å². The molecule has 0 aliphatic rings. The van der Waals surface area contributed by atoms with Gasteiger partial charge in [-0.2, -0.15) is 0 Å².